The highest BCUT2D eigenvalue weighted by Gasteiger charge is 2.20. The van der Waals surface area contributed by atoms with Crippen molar-refractivity contribution in [3.8, 4) is 23.0 Å². The van der Waals surface area contributed by atoms with Crippen LogP contribution in [0.25, 0.3) is 11.5 Å². The Morgan fingerprint density at radius 2 is 1.79 bits per heavy atom. The number of carbonyl (C=O) groups is 1. The van der Waals surface area contributed by atoms with Gasteiger partial charge in [0.1, 0.15) is 11.5 Å². The number of benzene rings is 2. The second kappa shape index (κ2) is 8.09. The first kappa shape index (κ1) is 19.4. The third kappa shape index (κ3) is 4.12. The monoisotopic (exact) mass is 401 g/mol. The minimum absolute atomic E-state index is 0.121. The average Bonchev–Trinajstić information content (AvgIpc) is 3.16. The number of ether oxygens (including phenoxy) is 2. The van der Waals surface area contributed by atoms with Gasteiger partial charge in [0.2, 0.25) is 5.89 Å². The van der Waals surface area contributed by atoms with Crippen molar-refractivity contribution in [3.63, 3.8) is 0 Å². The maximum Gasteiger partial charge on any atom is 0.284 e. The molecule has 0 N–H and O–H groups in total. The topological polar surface area (TPSA) is 118 Å². The standard InChI is InChI=1S/C18H15N3O6S/c1-10(22)11-4-5-16(15(8-11)21(23)24)28-18-20-19-17(27-18)12-6-13(25-2)9-14(7-12)26-3/h4-9H,1-3H3. The Morgan fingerprint density at radius 1 is 1.11 bits per heavy atom. The second-order valence-electron chi connectivity index (χ2n) is 5.57. The number of Topliss-reactive ketones (excluding diaryl/α,β-unsaturated/α-hetero) is 1. The Morgan fingerprint density at radius 3 is 2.36 bits per heavy atom. The predicted molar refractivity (Wildman–Crippen MR) is 100 cm³/mol. The van der Waals surface area contributed by atoms with Crippen LogP contribution in [0.5, 0.6) is 11.5 Å². The summed E-state index contributed by atoms with van der Waals surface area (Å²) in [7, 11) is 3.05. The lowest BCUT2D eigenvalue weighted by Gasteiger charge is -2.05. The summed E-state index contributed by atoms with van der Waals surface area (Å²) in [6.45, 7) is 1.35. The number of nitrogens with zero attached hydrogens (tertiary/aromatic N) is 3. The fourth-order valence-corrected chi connectivity index (χ4v) is 3.12. The van der Waals surface area contributed by atoms with E-state index in [4.69, 9.17) is 13.9 Å². The highest BCUT2D eigenvalue weighted by atomic mass is 32.2. The fraction of sp³-hybridized carbons (Fsp3) is 0.167. The van der Waals surface area contributed by atoms with Crippen LogP contribution in [0.2, 0.25) is 0 Å². The number of nitro groups is 1. The normalized spacial score (nSPS) is 10.5. The molecule has 3 rings (SSSR count). The average molecular weight is 401 g/mol. The van der Waals surface area contributed by atoms with Gasteiger partial charge in [0.25, 0.3) is 10.9 Å². The smallest absolute Gasteiger partial charge is 0.284 e. The van der Waals surface area contributed by atoms with Crippen LogP contribution in [0, 0.1) is 10.1 Å². The number of rotatable bonds is 7. The summed E-state index contributed by atoms with van der Waals surface area (Å²) < 4.78 is 16.1. The molecule has 0 atom stereocenters. The van der Waals surface area contributed by atoms with Crippen molar-refractivity contribution in [1.29, 1.82) is 0 Å². The Balaban J connectivity index is 1.92. The van der Waals surface area contributed by atoms with E-state index in [1.807, 2.05) is 0 Å². The molecule has 10 heteroatoms. The van der Waals surface area contributed by atoms with Gasteiger partial charge in [0.15, 0.2) is 5.78 Å². The Bertz CT molecular complexity index is 1030. The number of aromatic nitrogens is 2. The van der Waals surface area contributed by atoms with E-state index < -0.39 is 4.92 Å². The molecule has 0 aliphatic carbocycles. The fourth-order valence-electron chi connectivity index (χ4n) is 2.36. The molecule has 144 valence electrons. The third-order valence-electron chi connectivity index (χ3n) is 3.76. The first-order chi connectivity index (χ1) is 13.4. The summed E-state index contributed by atoms with van der Waals surface area (Å²) in [5, 5.41) is 19.4. The van der Waals surface area contributed by atoms with Gasteiger partial charge >= 0.3 is 0 Å². The molecular formula is C18H15N3O6S. The number of hydrogen-bond donors (Lipinski definition) is 0. The molecule has 0 fully saturated rings. The van der Waals surface area contributed by atoms with E-state index in [-0.39, 0.29) is 33.0 Å². The molecule has 1 heterocycles. The van der Waals surface area contributed by atoms with Gasteiger partial charge in [-0.15, -0.1) is 10.2 Å². The Kier molecular flexibility index (Phi) is 5.59. The van der Waals surface area contributed by atoms with Gasteiger partial charge in [-0.05, 0) is 43.0 Å². The molecule has 2 aromatic carbocycles. The molecule has 3 aromatic rings. The number of hydrogen-bond acceptors (Lipinski definition) is 9. The van der Waals surface area contributed by atoms with Crippen molar-refractivity contribution >= 4 is 23.2 Å². The SMILES string of the molecule is COc1cc(OC)cc(-c2nnc(Sc3ccc(C(C)=O)cc3[N+](=O)[O-])o2)c1. The lowest BCUT2D eigenvalue weighted by Crippen LogP contribution is -1.97. The molecule has 0 radical (unpaired) electrons. The number of nitro benzene ring substituents is 1. The second-order valence-corrected chi connectivity index (χ2v) is 6.57. The molecule has 0 spiro atoms. The molecule has 0 saturated heterocycles. The highest BCUT2D eigenvalue weighted by Crippen LogP contribution is 2.36. The summed E-state index contributed by atoms with van der Waals surface area (Å²) in [6, 6.07) is 9.34. The highest BCUT2D eigenvalue weighted by molar-refractivity contribution is 7.99. The van der Waals surface area contributed by atoms with Crippen LogP contribution in [0.1, 0.15) is 17.3 Å². The van der Waals surface area contributed by atoms with E-state index in [0.717, 1.165) is 11.8 Å². The molecule has 0 unspecified atom stereocenters. The third-order valence-corrected chi connectivity index (χ3v) is 4.67. The summed E-state index contributed by atoms with van der Waals surface area (Å²) in [5.41, 5.74) is 0.628. The quantitative estimate of drug-likeness (QED) is 0.328. The van der Waals surface area contributed by atoms with Gasteiger partial charge in [-0.3, -0.25) is 14.9 Å². The lowest BCUT2D eigenvalue weighted by atomic mass is 10.1. The predicted octanol–water partition coefficient (Wildman–Crippen LogP) is 4.02. The van der Waals surface area contributed by atoms with Crippen LogP contribution in [0.4, 0.5) is 5.69 Å². The molecule has 0 bridgehead atoms. The maximum absolute atomic E-state index is 11.5. The van der Waals surface area contributed by atoms with Crippen molar-refractivity contribution in [1.82, 2.24) is 10.2 Å². The van der Waals surface area contributed by atoms with E-state index in [2.05, 4.69) is 10.2 Å². The summed E-state index contributed by atoms with van der Waals surface area (Å²) >= 11 is 0.943. The van der Waals surface area contributed by atoms with Crippen molar-refractivity contribution in [2.75, 3.05) is 14.2 Å². The first-order valence-corrected chi connectivity index (χ1v) is 8.77. The molecule has 1 aromatic heterocycles. The van der Waals surface area contributed by atoms with E-state index in [0.29, 0.717) is 17.1 Å². The van der Waals surface area contributed by atoms with E-state index in [1.165, 1.54) is 39.3 Å². The maximum atomic E-state index is 11.5. The van der Waals surface area contributed by atoms with E-state index in [9.17, 15) is 14.9 Å². The van der Waals surface area contributed by atoms with E-state index >= 15 is 0 Å². The van der Waals surface area contributed by atoms with Gasteiger partial charge in [-0.2, -0.15) is 0 Å². The van der Waals surface area contributed by atoms with Crippen molar-refractivity contribution in [2.24, 2.45) is 0 Å². The molecule has 28 heavy (non-hydrogen) atoms. The van der Waals surface area contributed by atoms with Gasteiger partial charge in [-0.1, -0.05) is 0 Å². The minimum atomic E-state index is -0.557. The van der Waals surface area contributed by atoms with Crippen LogP contribution in [0.15, 0.2) is 50.9 Å². The minimum Gasteiger partial charge on any atom is -0.497 e. The summed E-state index contributed by atoms with van der Waals surface area (Å²) in [6.07, 6.45) is 0. The number of methoxy groups -OCH3 is 2. The summed E-state index contributed by atoms with van der Waals surface area (Å²) in [5.74, 6) is 1.06. The number of ketones is 1. The molecule has 0 aliphatic rings. The van der Waals surface area contributed by atoms with Gasteiger partial charge in [0.05, 0.1) is 24.0 Å². The Labute approximate surface area is 163 Å². The zero-order valence-corrected chi connectivity index (χ0v) is 16.0. The molecular weight excluding hydrogens is 386 g/mol. The van der Waals surface area contributed by atoms with Crippen molar-refractivity contribution in [2.45, 2.75) is 17.0 Å². The van der Waals surface area contributed by atoms with Crippen LogP contribution in [-0.4, -0.2) is 35.1 Å². The molecule has 0 saturated carbocycles. The largest absolute Gasteiger partial charge is 0.497 e. The zero-order valence-electron chi connectivity index (χ0n) is 15.2. The molecule has 9 nitrogen and oxygen atoms in total. The van der Waals surface area contributed by atoms with Crippen LogP contribution in [-0.2, 0) is 0 Å². The van der Waals surface area contributed by atoms with Crippen molar-refractivity contribution < 1.29 is 23.6 Å². The molecule has 0 amide bonds. The molecule has 0 aliphatic heterocycles. The van der Waals surface area contributed by atoms with E-state index in [1.54, 1.807) is 18.2 Å². The lowest BCUT2D eigenvalue weighted by molar-refractivity contribution is -0.387. The Hall–Kier alpha value is -3.40. The number of carbonyl (C=O) groups excluding carboxylic acids is 1. The van der Waals surface area contributed by atoms with Gasteiger partial charge in [-0.25, -0.2) is 0 Å². The van der Waals surface area contributed by atoms with Gasteiger partial charge in [0, 0.05) is 23.3 Å². The summed E-state index contributed by atoms with van der Waals surface area (Å²) in [4.78, 5) is 22.5. The van der Waals surface area contributed by atoms with Crippen LogP contribution < -0.4 is 9.47 Å². The van der Waals surface area contributed by atoms with Crippen LogP contribution in [0.3, 0.4) is 0 Å². The first-order valence-electron chi connectivity index (χ1n) is 7.95. The van der Waals surface area contributed by atoms with Crippen LogP contribution >= 0.6 is 11.8 Å². The zero-order chi connectivity index (χ0) is 20.3. The van der Waals surface area contributed by atoms with Gasteiger partial charge < -0.3 is 13.9 Å². The van der Waals surface area contributed by atoms with Crippen molar-refractivity contribution in [3.05, 3.63) is 52.1 Å².